The fraction of sp³-hybridized carbons (Fsp3) is 0.0909. The van der Waals surface area contributed by atoms with Crippen LogP contribution in [-0.2, 0) is 6.54 Å². The Kier molecular flexibility index (Phi) is 3.74. The topological polar surface area (TPSA) is 37.8 Å². The summed E-state index contributed by atoms with van der Waals surface area (Å²) < 4.78 is 0.851. The molecule has 16 heavy (non-hydrogen) atoms. The molecule has 0 unspecified atom stereocenters. The van der Waals surface area contributed by atoms with E-state index in [4.69, 9.17) is 11.6 Å². The van der Waals surface area contributed by atoms with Gasteiger partial charge >= 0.3 is 0 Å². The highest BCUT2D eigenvalue weighted by Gasteiger charge is 2.01. The zero-order valence-electron chi connectivity index (χ0n) is 8.32. The molecule has 0 aliphatic carbocycles. The van der Waals surface area contributed by atoms with Crippen LogP contribution in [0, 0.1) is 0 Å². The fourth-order valence-electron chi connectivity index (χ4n) is 1.23. The Morgan fingerprint density at radius 3 is 2.94 bits per heavy atom. The highest BCUT2D eigenvalue weighted by atomic mass is 79.9. The third kappa shape index (κ3) is 2.93. The highest BCUT2D eigenvalue weighted by molar-refractivity contribution is 9.10. The van der Waals surface area contributed by atoms with E-state index in [0.717, 1.165) is 15.9 Å². The minimum atomic E-state index is 0.610. The molecule has 0 aromatic carbocycles. The monoisotopic (exact) mass is 297 g/mol. The van der Waals surface area contributed by atoms with Crippen LogP contribution in [0.5, 0.6) is 0 Å². The lowest BCUT2D eigenvalue weighted by Gasteiger charge is -2.07. The van der Waals surface area contributed by atoms with E-state index in [1.54, 1.807) is 18.5 Å². The van der Waals surface area contributed by atoms with Gasteiger partial charge < -0.3 is 5.32 Å². The molecule has 0 aliphatic heterocycles. The Balaban J connectivity index is 2.05. The van der Waals surface area contributed by atoms with Gasteiger partial charge in [0.25, 0.3) is 0 Å². The molecule has 5 heteroatoms. The summed E-state index contributed by atoms with van der Waals surface area (Å²) >= 11 is 9.20. The maximum absolute atomic E-state index is 5.80. The molecule has 0 saturated heterocycles. The van der Waals surface area contributed by atoms with E-state index in [1.165, 1.54) is 0 Å². The lowest BCUT2D eigenvalue weighted by Crippen LogP contribution is -2.02. The van der Waals surface area contributed by atoms with Crippen molar-refractivity contribution in [3.63, 3.8) is 0 Å². The molecule has 0 radical (unpaired) electrons. The number of halogens is 2. The maximum atomic E-state index is 5.80. The number of nitrogens with zero attached hydrogens (tertiary/aromatic N) is 2. The van der Waals surface area contributed by atoms with E-state index in [-0.39, 0.29) is 0 Å². The van der Waals surface area contributed by atoms with Crippen molar-refractivity contribution in [3.05, 3.63) is 51.8 Å². The van der Waals surface area contributed by atoms with E-state index < -0.39 is 0 Å². The molecule has 3 nitrogen and oxygen atoms in total. The van der Waals surface area contributed by atoms with Crippen molar-refractivity contribution in [2.24, 2.45) is 0 Å². The third-order valence-electron chi connectivity index (χ3n) is 1.99. The molecule has 2 aromatic heterocycles. The first kappa shape index (κ1) is 11.4. The average Bonchev–Trinajstić information content (AvgIpc) is 2.29. The summed E-state index contributed by atoms with van der Waals surface area (Å²) in [6, 6.07) is 5.71. The summed E-state index contributed by atoms with van der Waals surface area (Å²) in [4.78, 5) is 8.22. The van der Waals surface area contributed by atoms with Crippen LogP contribution in [0.4, 0.5) is 5.82 Å². The van der Waals surface area contributed by atoms with Gasteiger partial charge in [-0.2, -0.15) is 0 Å². The van der Waals surface area contributed by atoms with Gasteiger partial charge in [-0.3, -0.25) is 4.98 Å². The largest absolute Gasteiger partial charge is 0.365 e. The molecule has 0 amide bonds. The van der Waals surface area contributed by atoms with Crippen molar-refractivity contribution < 1.29 is 0 Å². The van der Waals surface area contributed by atoms with Crippen LogP contribution >= 0.6 is 27.5 Å². The molecule has 2 heterocycles. The van der Waals surface area contributed by atoms with Crippen LogP contribution < -0.4 is 5.32 Å². The van der Waals surface area contributed by atoms with E-state index >= 15 is 0 Å². The van der Waals surface area contributed by atoms with Gasteiger partial charge in [0.2, 0.25) is 0 Å². The van der Waals surface area contributed by atoms with Crippen LogP contribution in [0.2, 0.25) is 5.02 Å². The second-order valence-corrected chi connectivity index (χ2v) is 4.49. The summed E-state index contributed by atoms with van der Waals surface area (Å²) in [5.41, 5.74) is 1.10. The lowest BCUT2D eigenvalue weighted by atomic mass is 10.3. The van der Waals surface area contributed by atoms with Gasteiger partial charge in [-0.05, 0) is 33.6 Å². The zero-order valence-corrected chi connectivity index (χ0v) is 10.7. The third-order valence-corrected chi connectivity index (χ3v) is 2.80. The maximum Gasteiger partial charge on any atom is 0.140 e. The molecule has 1 N–H and O–H groups in total. The van der Waals surface area contributed by atoms with Gasteiger partial charge in [0, 0.05) is 25.1 Å². The number of aromatic nitrogens is 2. The lowest BCUT2D eigenvalue weighted by molar-refractivity contribution is 1.08. The van der Waals surface area contributed by atoms with Crippen molar-refractivity contribution >= 4 is 33.3 Å². The van der Waals surface area contributed by atoms with E-state index in [2.05, 4.69) is 31.2 Å². The van der Waals surface area contributed by atoms with E-state index in [1.807, 2.05) is 18.3 Å². The second kappa shape index (κ2) is 5.27. The van der Waals surface area contributed by atoms with Gasteiger partial charge in [0.05, 0.1) is 9.50 Å². The number of hydrogen-bond acceptors (Lipinski definition) is 3. The number of hydrogen-bond donors (Lipinski definition) is 1. The van der Waals surface area contributed by atoms with Crippen molar-refractivity contribution in [3.8, 4) is 0 Å². The Hall–Kier alpha value is -1.13. The first-order chi connectivity index (χ1) is 7.75. The normalized spacial score (nSPS) is 10.1. The average molecular weight is 299 g/mol. The Bertz CT molecular complexity index is 476. The Morgan fingerprint density at radius 1 is 1.38 bits per heavy atom. The van der Waals surface area contributed by atoms with Crippen LogP contribution in [0.3, 0.4) is 0 Å². The van der Waals surface area contributed by atoms with Crippen LogP contribution in [0.15, 0.2) is 41.3 Å². The highest BCUT2D eigenvalue weighted by Crippen LogP contribution is 2.23. The Morgan fingerprint density at radius 2 is 2.25 bits per heavy atom. The molecule has 0 saturated carbocycles. The van der Waals surface area contributed by atoms with Crippen LogP contribution in [0.1, 0.15) is 5.56 Å². The Labute approximate surface area is 107 Å². The van der Waals surface area contributed by atoms with Crippen LogP contribution in [-0.4, -0.2) is 9.97 Å². The zero-order chi connectivity index (χ0) is 11.4. The smallest absolute Gasteiger partial charge is 0.140 e. The van der Waals surface area contributed by atoms with Crippen molar-refractivity contribution in [2.75, 3.05) is 5.32 Å². The predicted molar refractivity (Wildman–Crippen MR) is 68.5 cm³/mol. The van der Waals surface area contributed by atoms with Crippen molar-refractivity contribution in [1.29, 1.82) is 0 Å². The molecule has 0 atom stereocenters. The molecule has 0 fully saturated rings. The SMILES string of the molecule is Clc1cnc(NCc2cccnc2)c(Br)c1. The minimum Gasteiger partial charge on any atom is -0.365 e. The number of rotatable bonds is 3. The first-order valence-corrected chi connectivity index (χ1v) is 5.86. The molecular weight excluding hydrogens is 289 g/mol. The number of pyridine rings is 2. The molecule has 0 spiro atoms. The summed E-state index contributed by atoms with van der Waals surface area (Å²) in [5, 5.41) is 3.81. The van der Waals surface area contributed by atoms with Gasteiger partial charge in [-0.25, -0.2) is 4.98 Å². The summed E-state index contributed by atoms with van der Waals surface area (Å²) in [6.45, 7) is 0.682. The molecule has 0 bridgehead atoms. The van der Waals surface area contributed by atoms with Gasteiger partial charge in [-0.1, -0.05) is 17.7 Å². The van der Waals surface area contributed by atoms with E-state index in [9.17, 15) is 0 Å². The quantitative estimate of drug-likeness (QED) is 0.942. The molecular formula is C11H9BrClN3. The van der Waals surface area contributed by atoms with Gasteiger partial charge in [0.15, 0.2) is 0 Å². The minimum absolute atomic E-state index is 0.610. The standard InChI is InChI=1S/C11H9BrClN3/c12-10-4-9(13)7-16-11(10)15-6-8-2-1-3-14-5-8/h1-5,7H,6H2,(H,15,16). The first-order valence-electron chi connectivity index (χ1n) is 4.69. The molecule has 82 valence electrons. The second-order valence-electron chi connectivity index (χ2n) is 3.20. The number of nitrogens with one attached hydrogen (secondary N) is 1. The van der Waals surface area contributed by atoms with Crippen molar-refractivity contribution in [1.82, 2.24) is 9.97 Å². The predicted octanol–water partition coefficient (Wildman–Crippen LogP) is 3.50. The summed E-state index contributed by atoms with van der Waals surface area (Å²) in [5.74, 6) is 0.772. The molecule has 2 rings (SSSR count). The van der Waals surface area contributed by atoms with Gasteiger partial charge in [0.1, 0.15) is 5.82 Å². The molecule has 2 aromatic rings. The number of anilines is 1. The van der Waals surface area contributed by atoms with Crippen molar-refractivity contribution in [2.45, 2.75) is 6.54 Å². The van der Waals surface area contributed by atoms with Gasteiger partial charge in [-0.15, -0.1) is 0 Å². The molecule has 0 aliphatic rings. The summed E-state index contributed by atoms with van der Waals surface area (Å²) in [6.07, 6.45) is 5.18. The summed E-state index contributed by atoms with van der Waals surface area (Å²) in [7, 11) is 0. The van der Waals surface area contributed by atoms with Crippen LogP contribution in [0.25, 0.3) is 0 Å². The van der Waals surface area contributed by atoms with E-state index in [0.29, 0.717) is 11.6 Å². The fourth-order valence-corrected chi connectivity index (χ4v) is 2.01.